The summed E-state index contributed by atoms with van der Waals surface area (Å²) in [6.45, 7) is 0.137. The van der Waals surface area contributed by atoms with E-state index in [4.69, 9.17) is 11.5 Å². The summed E-state index contributed by atoms with van der Waals surface area (Å²) in [5.74, 6) is -2.07. The summed E-state index contributed by atoms with van der Waals surface area (Å²) in [5, 5.41) is 9.97. The average Bonchev–Trinajstić information content (AvgIpc) is 2.88. The molecule has 21 heavy (non-hydrogen) atoms. The first kappa shape index (κ1) is 14.6. The van der Waals surface area contributed by atoms with E-state index in [-0.39, 0.29) is 24.3 Å². The number of anilines is 1. The summed E-state index contributed by atoms with van der Waals surface area (Å²) in [7, 11) is 0. The summed E-state index contributed by atoms with van der Waals surface area (Å²) in [5.41, 5.74) is 10.9. The molecule has 2 rings (SSSR count). The molecule has 0 aliphatic rings. The van der Waals surface area contributed by atoms with Crippen molar-refractivity contribution in [3.63, 3.8) is 0 Å². The number of benzene rings is 1. The number of aromatic nitrogens is 3. The molecule has 8 nitrogen and oxygen atoms in total. The Morgan fingerprint density at radius 3 is 2.76 bits per heavy atom. The smallest absolute Gasteiger partial charge is 0.251 e. The van der Waals surface area contributed by atoms with Crippen LogP contribution in [0.3, 0.4) is 0 Å². The van der Waals surface area contributed by atoms with Gasteiger partial charge in [-0.25, -0.2) is 9.07 Å². The average molecular weight is 292 g/mol. The lowest BCUT2D eigenvalue weighted by Gasteiger charge is -2.06. The zero-order valence-corrected chi connectivity index (χ0v) is 10.9. The first-order valence-electron chi connectivity index (χ1n) is 5.98. The Kier molecular flexibility index (Phi) is 4.24. The standard InChI is InChI=1S/C12H13FN6O2/c13-10-2-1-7(3-9(10)12(15)21)16-11(20)6-19-5-8(4-14)17-18-19/h1-3,5H,4,6,14H2,(H2,15,21)(H,16,20). The number of nitrogens with zero attached hydrogens (tertiary/aromatic N) is 3. The molecule has 0 saturated heterocycles. The van der Waals surface area contributed by atoms with Gasteiger partial charge in [-0.15, -0.1) is 5.10 Å². The van der Waals surface area contributed by atoms with E-state index in [0.29, 0.717) is 5.69 Å². The normalized spacial score (nSPS) is 10.4. The van der Waals surface area contributed by atoms with E-state index in [1.54, 1.807) is 6.20 Å². The van der Waals surface area contributed by atoms with Gasteiger partial charge in [-0.1, -0.05) is 5.21 Å². The van der Waals surface area contributed by atoms with Crippen LogP contribution in [-0.4, -0.2) is 26.8 Å². The van der Waals surface area contributed by atoms with Crippen molar-refractivity contribution >= 4 is 17.5 Å². The summed E-state index contributed by atoms with van der Waals surface area (Å²) in [6.07, 6.45) is 1.54. The second-order valence-electron chi connectivity index (χ2n) is 4.22. The van der Waals surface area contributed by atoms with Gasteiger partial charge in [0.1, 0.15) is 12.4 Å². The molecule has 110 valence electrons. The van der Waals surface area contributed by atoms with Gasteiger partial charge in [0.05, 0.1) is 17.5 Å². The summed E-state index contributed by atoms with van der Waals surface area (Å²) >= 11 is 0. The third kappa shape index (κ3) is 3.60. The number of hydrogen-bond donors (Lipinski definition) is 3. The summed E-state index contributed by atoms with van der Waals surface area (Å²) in [6, 6.07) is 3.55. The molecule has 2 aromatic rings. The van der Waals surface area contributed by atoms with Crippen LogP contribution in [0.1, 0.15) is 16.1 Å². The number of halogens is 1. The van der Waals surface area contributed by atoms with Crippen molar-refractivity contribution in [1.82, 2.24) is 15.0 Å². The monoisotopic (exact) mass is 292 g/mol. The highest BCUT2D eigenvalue weighted by molar-refractivity contribution is 5.96. The van der Waals surface area contributed by atoms with Gasteiger partial charge >= 0.3 is 0 Å². The maximum Gasteiger partial charge on any atom is 0.251 e. The lowest BCUT2D eigenvalue weighted by atomic mass is 10.2. The molecular weight excluding hydrogens is 279 g/mol. The van der Waals surface area contributed by atoms with Gasteiger partial charge in [0.2, 0.25) is 5.91 Å². The van der Waals surface area contributed by atoms with Crippen molar-refractivity contribution in [3.8, 4) is 0 Å². The Bertz CT molecular complexity index is 684. The fourth-order valence-electron chi connectivity index (χ4n) is 1.65. The molecule has 0 radical (unpaired) electrons. The Morgan fingerprint density at radius 2 is 2.14 bits per heavy atom. The van der Waals surface area contributed by atoms with Crippen LogP contribution in [-0.2, 0) is 17.9 Å². The van der Waals surface area contributed by atoms with E-state index in [0.717, 1.165) is 6.07 Å². The number of hydrogen-bond acceptors (Lipinski definition) is 5. The van der Waals surface area contributed by atoms with Crippen LogP contribution in [0.15, 0.2) is 24.4 Å². The third-order valence-electron chi connectivity index (χ3n) is 2.62. The molecule has 1 aromatic heterocycles. The minimum absolute atomic E-state index is 0.0870. The van der Waals surface area contributed by atoms with Crippen molar-refractivity contribution in [2.75, 3.05) is 5.32 Å². The Morgan fingerprint density at radius 1 is 1.38 bits per heavy atom. The molecular formula is C12H13FN6O2. The molecule has 0 unspecified atom stereocenters. The second kappa shape index (κ2) is 6.09. The predicted octanol–water partition coefficient (Wildman–Crippen LogP) is -0.387. The molecule has 0 aliphatic carbocycles. The molecule has 1 aromatic carbocycles. The van der Waals surface area contributed by atoms with Gasteiger partial charge in [-0.3, -0.25) is 9.59 Å². The lowest BCUT2D eigenvalue weighted by molar-refractivity contribution is -0.116. The van der Waals surface area contributed by atoms with Crippen molar-refractivity contribution in [3.05, 3.63) is 41.5 Å². The van der Waals surface area contributed by atoms with Crippen LogP contribution >= 0.6 is 0 Å². The number of nitrogens with two attached hydrogens (primary N) is 2. The SMILES string of the molecule is NCc1cn(CC(=O)Nc2ccc(F)c(C(N)=O)c2)nn1. The first-order valence-corrected chi connectivity index (χ1v) is 5.98. The van der Waals surface area contributed by atoms with Gasteiger partial charge in [0.25, 0.3) is 5.91 Å². The quantitative estimate of drug-likeness (QED) is 0.691. The van der Waals surface area contributed by atoms with E-state index in [9.17, 15) is 14.0 Å². The fraction of sp³-hybridized carbons (Fsp3) is 0.167. The number of amides is 2. The van der Waals surface area contributed by atoms with Crippen LogP contribution in [0.2, 0.25) is 0 Å². The molecule has 5 N–H and O–H groups in total. The predicted molar refractivity (Wildman–Crippen MR) is 71.5 cm³/mol. The van der Waals surface area contributed by atoms with Crippen molar-refractivity contribution in [2.24, 2.45) is 11.5 Å². The lowest BCUT2D eigenvalue weighted by Crippen LogP contribution is -2.20. The number of rotatable bonds is 5. The minimum atomic E-state index is -0.910. The maximum atomic E-state index is 13.3. The van der Waals surface area contributed by atoms with E-state index in [2.05, 4.69) is 15.6 Å². The molecule has 0 fully saturated rings. The molecule has 2 amide bonds. The van der Waals surface area contributed by atoms with Crippen LogP contribution in [0, 0.1) is 5.82 Å². The molecule has 0 bridgehead atoms. The van der Waals surface area contributed by atoms with Gasteiger partial charge in [0, 0.05) is 12.2 Å². The van der Waals surface area contributed by atoms with Crippen LogP contribution in [0.25, 0.3) is 0 Å². The van der Waals surface area contributed by atoms with E-state index < -0.39 is 17.6 Å². The van der Waals surface area contributed by atoms with Gasteiger partial charge in [-0.05, 0) is 18.2 Å². The molecule has 0 aliphatic heterocycles. The zero-order valence-electron chi connectivity index (χ0n) is 10.9. The third-order valence-corrected chi connectivity index (χ3v) is 2.62. The topological polar surface area (TPSA) is 129 Å². The van der Waals surface area contributed by atoms with Crippen molar-refractivity contribution in [2.45, 2.75) is 13.1 Å². The molecule has 1 heterocycles. The first-order chi connectivity index (χ1) is 9.99. The Labute approximate surface area is 118 Å². The van der Waals surface area contributed by atoms with Gasteiger partial charge in [0.15, 0.2) is 0 Å². The van der Waals surface area contributed by atoms with Crippen LogP contribution in [0.4, 0.5) is 10.1 Å². The van der Waals surface area contributed by atoms with Gasteiger partial charge in [-0.2, -0.15) is 0 Å². The van der Waals surface area contributed by atoms with Crippen molar-refractivity contribution in [1.29, 1.82) is 0 Å². The highest BCUT2D eigenvalue weighted by atomic mass is 19.1. The number of carbonyl (C=O) groups excluding carboxylic acids is 2. The minimum Gasteiger partial charge on any atom is -0.366 e. The number of primary amides is 1. The van der Waals surface area contributed by atoms with E-state index in [1.807, 2.05) is 0 Å². The van der Waals surface area contributed by atoms with E-state index >= 15 is 0 Å². The highest BCUT2D eigenvalue weighted by Crippen LogP contribution is 2.14. The molecule has 0 spiro atoms. The zero-order chi connectivity index (χ0) is 15.4. The Balaban J connectivity index is 2.05. The van der Waals surface area contributed by atoms with Crippen molar-refractivity contribution < 1.29 is 14.0 Å². The fourth-order valence-corrected chi connectivity index (χ4v) is 1.65. The maximum absolute atomic E-state index is 13.3. The largest absolute Gasteiger partial charge is 0.366 e. The number of carbonyl (C=O) groups is 2. The van der Waals surface area contributed by atoms with E-state index in [1.165, 1.54) is 16.8 Å². The molecule has 0 atom stereocenters. The second-order valence-corrected chi connectivity index (χ2v) is 4.22. The van der Waals surface area contributed by atoms with Crippen LogP contribution < -0.4 is 16.8 Å². The number of nitrogens with one attached hydrogen (secondary N) is 1. The Hall–Kier alpha value is -2.81. The molecule has 0 saturated carbocycles. The summed E-state index contributed by atoms with van der Waals surface area (Å²) in [4.78, 5) is 22.8. The van der Waals surface area contributed by atoms with Gasteiger partial charge < -0.3 is 16.8 Å². The van der Waals surface area contributed by atoms with Crippen LogP contribution in [0.5, 0.6) is 0 Å². The molecule has 9 heteroatoms. The summed E-state index contributed by atoms with van der Waals surface area (Å²) < 4.78 is 14.6. The highest BCUT2D eigenvalue weighted by Gasteiger charge is 2.11.